The van der Waals surface area contributed by atoms with Gasteiger partial charge >= 0.3 is 0 Å². The summed E-state index contributed by atoms with van der Waals surface area (Å²) in [4.78, 5) is 10.2. The summed E-state index contributed by atoms with van der Waals surface area (Å²) in [6.45, 7) is 3.78. The molecule has 0 heterocycles. The number of sulfonamides is 1. The lowest BCUT2D eigenvalue weighted by Gasteiger charge is -2.18. The lowest BCUT2D eigenvalue weighted by molar-refractivity contribution is -0.385. The van der Waals surface area contributed by atoms with Crippen molar-refractivity contribution in [1.82, 2.24) is 4.31 Å². The first-order valence-corrected chi connectivity index (χ1v) is 8.43. The fraction of sp³-hybridized carbons (Fsp3) is 0.250. The summed E-state index contributed by atoms with van der Waals surface area (Å²) < 4.78 is 26.6. The van der Waals surface area contributed by atoms with Crippen LogP contribution in [0.4, 0.5) is 5.69 Å². The summed E-state index contributed by atoms with van der Waals surface area (Å²) in [7, 11) is -2.34. The van der Waals surface area contributed by atoms with Gasteiger partial charge in [-0.1, -0.05) is 35.9 Å². The second-order valence-corrected chi connectivity index (χ2v) is 7.47. The lowest BCUT2D eigenvalue weighted by atomic mass is 10.1. The lowest BCUT2D eigenvalue weighted by Crippen LogP contribution is -2.27. The Morgan fingerprint density at radius 3 is 2.26 bits per heavy atom. The average molecular weight is 334 g/mol. The van der Waals surface area contributed by atoms with Gasteiger partial charge in [0.1, 0.15) is 0 Å². The summed E-state index contributed by atoms with van der Waals surface area (Å²) in [6.07, 6.45) is 0. The first kappa shape index (κ1) is 17.1. The molecule has 0 amide bonds. The van der Waals surface area contributed by atoms with Crippen molar-refractivity contribution in [3.63, 3.8) is 0 Å². The van der Waals surface area contributed by atoms with Crippen molar-refractivity contribution in [2.75, 3.05) is 7.05 Å². The van der Waals surface area contributed by atoms with E-state index in [1.54, 1.807) is 6.92 Å². The molecular formula is C16H18N2O4S. The van der Waals surface area contributed by atoms with Gasteiger partial charge in [-0.05, 0) is 25.0 Å². The molecule has 0 fully saturated rings. The number of aryl methyl sites for hydroxylation is 2. The van der Waals surface area contributed by atoms with Crippen molar-refractivity contribution < 1.29 is 13.3 Å². The summed E-state index contributed by atoms with van der Waals surface area (Å²) in [5.41, 5.74) is 2.18. The van der Waals surface area contributed by atoms with Crippen LogP contribution in [0.1, 0.15) is 16.7 Å². The van der Waals surface area contributed by atoms with Crippen molar-refractivity contribution in [1.29, 1.82) is 0 Å². The number of rotatable bonds is 5. The molecular weight excluding hydrogens is 316 g/mol. The highest BCUT2D eigenvalue weighted by Crippen LogP contribution is 2.25. The number of hydrogen-bond donors (Lipinski definition) is 0. The molecule has 0 unspecified atom stereocenters. The van der Waals surface area contributed by atoms with Crippen LogP contribution in [0.15, 0.2) is 47.4 Å². The Morgan fingerprint density at radius 2 is 1.70 bits per heavy atom. The maximum atomic E-state index is 12.7. The van der Waals surface area contributed by atoms with E-state index in [2.05, 4.69) is 0 Å². The van der Waals surface area contributed by atoms with E-state index < -0.39 is 14.9 Å². The topological polar surface area (TPSA) is 80.5 Å². The fourth-order valence-electron chi connectivity index (χ4n) is 2.18. The number of nitrogens with zero attached hydrogens (tertiary/aromatic N) is 2. The second kappa shape index (κ2) is 6.47. The van der Waals surface area contributed by atoms with Crippen molar-refractivity contribution in [2.24, 2.45) is 0 Å². The van der Waals surface area contributed by atoms with E-state index in [9.17, 15) is 18.5 Å². The Bertz CT molecular complexity index is 830. The van der Waals surface area contributed by atoms with Gasteiger partial charge in [0.25, 0.3) is 5.69 Å². The highest BCUT2D eigenvalue weighted by molar-refractivity contribution is 7.89. The summed E-state index contributed by atoms with van der Waals surface area (Å²) in [5, 5.41) is 10.9. The minimum atomic E-state index is -3.81. The number of non-ortho nitro benzene ring substituents is 1. The van der Waals surface area contributed by atoms with Crippen LogP contribution in [0.25, 0.3) is 0 Å². The van der Waals surface area contributed by atoms with Crippen molar-refractivity contribution in [2.45, 2.75) is 25.3 Å². The smallest absolute Gasteiger partial charge is 0.258 e. The Labute approximate surface area is 135 Å². The van der Waals surface area contributed by atoms with Crippen LogP contribution < -0.4 is 0 Å². The zero-order chi connectivity index (χ0) is 17.2. The monoisotopic (exact) mass is 334 g/mol. The number of hydrogen-bond acceptors (Lipinski definition) is 4. The van der Waals surface area contributed by atoms with Gasteiger partial charge in [0.2, 0.25) is 10.0 Å². The molecule has 2 rings (SSSR count). The quantitative estimate of drug-likeness (QED) is 0.622. The molecule has 0 N–H and O–H groups in total. The van der Waals surface area contributed by atoms with Gasteiger partial charge in [0, 0.05) is 25.7 Å². The van der Waals surface area contributed by atoms with Gasteiger partial charge in [-0.15, -0.1) is 0 Å². The van der Waals surface area contributed by atoms with Crippen LogP contribution in [0.5, 0.6) is 0 Å². The molecule has 0 aliphatic rings. The highest BCUT2D eigenvalue weighted by atomic mass is 32.2. The average Bonchev–Trinajstić information content (AvgIpc) is 2.49. The van der Waals surface area contributed by atoms with E-state index >= 15 is 0 Å². The Morgan fingerprint density at radius 1 is 1.09 bits per heavy atom. The molecule has 0 atom stereocenters. The maximum absolute atomic E-state index is 12.7. The van der Waals surface area contributed by atoms with Gasteiger partial charge in [-0.2, -0.15) is 4.31 Å². The standard InChI is InChI=1S/C16H18N2O4S/c1-12-4-7-14(8-5-12)11-17(3)23(21,22)16-10-15(18(19)20)9-6-13(16)2/h4-10H,11H2,1-3H3. The first-order chi connectivity index (χ1) is 10.7. The van der Waals surface area contributed by atoms with Crippen LogP contribution in [0, 0.1) is 24.0 Å². The molecule has 0 saturated carbocycles. The molecule has 0 aliphatic carbocycles. The molecule has 2 aromatic rings. The molecule has 0 bridgehead atoms. The van der Waals surface area contributed by atoms with E-state index in [1.807, 2.05) is 31.2 Å². The summed E-state index contributed by atoms with van der Waals surface area (Å²) in [5.74, 6) is 0. The molecule has 0 saturated heterocycles. The Kier molecular flexibility index (Phi) is 4.82. The minimum Gasteiger partial charge on any atom is -0.258 e. The Balaban J connectivity index is 2.35. The molecule has 6 nitrogen and oxygen atoms in total. The van der Waals surface area contributed by atoms with Gasteiger partial charge in [0.05, 0.1) is 9.82 Å². The van der Waals surface area contributed by atoms with Crippen LogP contribution in [0.2, 0.25) is 0 Å². The molecule has 0 aromatic heterocycles. The zero-order valence-corrected chi connectivity index (χ0v) is 14.0. The van der Waals surface area contributed by atoms with Crippen LogP contribution in [0.3, 0.4) is 0 Å². The van der Waals surface area contributed by atoms with E-state index in [-0.39, 0.29) is 17.1 Å². The van der Waals surface area contributed by atoms with E-state index in [1.165, 1.54) is 23.5 Å². The van der Waals surface area contributed by atoms with Crippen LogP contribution in [-0.2, 0) is 16.6 Å². The van der Waals surface area contributed by atoms with E-state index in [0.717, 1.165) is 17.2 Å². The van der Waals surface area contributed by atoms with E-state index in [4.69, 9.17) is 0 Å². The highest BCUT2D eigenvalue weighted by Gasteiger charge is 2.25. The van der Waals surface area contributed by atoms with Crippen molar-refractivity contribution >= 4 is 15.7 Å². The summed E-state index contributed by atoms with van der Waals surface area (Å²) >= 11 is 0. The minimum absolute atomic E-state index is 0.0405. The molecule has 2 aromatic carbocycles. The molecule has 122 valence electrons. The van der Waals surface area contributed by atoms with E-state index in [0.29, 0.717) is 5.56 Å². The molecule has 0 aliphatic heterocycles. The third kappa shape index (κ3) is 3.75. The first-order valence-electron chi connectivity index (χ1n) is 6.99. The SMILES string of the molecule is Cc1ccc(CN(C)S(=O)(=O)c2cc([N+](=O)[O-])ccc2C)cc1. The number of nitro benzene ring substituents is 1. The largest absolute Gasteiger partial charge is 0.270 e. The van der Waals surface area contributed by atoms with Crippen molar-refractivity contribution in [3.8, 4) is 0 Å². The van der Waals surface area contributed by atoms with Gasteiger partial charge in [-0.3, -0.25) is 10.1 Å². The van der Waals surface area contributed by atoms with Gasteiger partial charge in [-0.25, -0.2) is 8.42 Å². The molecule has 0 spiro atoms. The molecule has 23 heavy (non-hydrogen) atoms. The number of nitro groups is 1. The third-order valence-electron chi connectivity index (χ3n) is 3.60. The molecule has 0 radical (unpaired) electrons. The predicted octanol–water partition coefficient (Wildman–Crippen LogP) is 3.03. The third-order valence-corrected chi connectivity index (χ3v) is 5.54. The summed E-state index contributed by atoms with van der Waals surface area (Å²) in [6, 6.07) is 11.4. The maximum Gasteiger partial charge on any atom is 0.270 e. The zero-order valence-electron chi connectivity index (χ0n) is 13.2. The predicted molar refractivity (Wildman–Crippen MR) is 87.7 cm³/mol. The number of benzene rings is 2. The van der Waals surface area contributed by atoms with Crippen molar-refractivity contribution in [3.05, 3.63) is 69.3 Å². The normalized spacial score (nSPS) is 11.7. The Hall–Kier alpha value is -2.25. The fourth-order valence-corrected chi connectivity index (χ4v) is 3.58. The van der Waals surface area contributed by atoms with Crippen LogP contribution >= 0.6 is 0 Å². The van der Waals surface area contributed by atoms with Crippen LogP contribution in [-0.4, -0.2) is 24.7 Å². The van der Waals surface area contributed by atoms with Gasteiger partial charge in [0.15, 0.2) is 0 Å². The second-order valence-electron chi connectivity index (χ2n) is 5.45. The van der Waals surface area contributed by atoms with Gasteiger partial charge < -0.3 is 0 Å². The molecule has 7 heteroatoms.